The summed E-state index contributed by atoms with van der Waals surface area (Å²) in [6.07, 6.45) is 7.59. The highest BCUT2D eigenvalue weighted by molar-refractivity contribution is 6.04. The summed E-state index contributed by atoms with van der Waals surface area (Å²) >= 11 is 0. The Hall–Kier alpha value is -1.59. The van der Waals surface area contributed by atoms with E-state index in [9.17, 15) is 19.5 Å². The number of amides is 2. The van der Waals surface area contributed by atoms with Gasteiger partial charge in [0, 0.05) is 32.6 Å². The number of hydrogen-bond acceptors (Lipinski definition) is 3. The van der Waals surface area contributed by atoms with Crippen LogP contribution in [0.25, 0.3) is 0 Å². The summed E-state index contributed by atoms with van der Waals surface area (Å²) in [6.45, 7) is 1.99. The average molecular weight is 322 g/mol. The summed E-state index contributed by atoms with van der Waals surface area (Å²) in [7, 11) is 0. The summed E-state index contributed by atoms with van der Waals surface area (Å²) in [5.74, 6) is -0.365. The van der Waals surface area contributed by atoms with Crippen molar-refractivity contribution in [2.45, 2.75) is 51.4 Å². The Morgan fingerprint density at radius 3 is 2.04 bits per heavy atom. The van der Waals surface area contributed by atoms with Crippen LogP contribution in [0, 0.1) is 11.3 Å². The molecule has 0 aromatic heterocycles. The SMILES string of the molecule is O=C(CCC1CCCC1)N1CCN(C(=O)C2(C(=O)O)CC2)CC1. The first-order chi connectivity index (χ1) is 11.0. The molecule has 0 spiro atoms. The van der Waals surface area contributed by atoms with Crippen LogP contribution < -0.4 is 0 Å². The molecule has 2 saturated carbocycles. The third kappa shape index (κ3) is 3.35. The fourth-order valence-corrected chi connectivity index (χ4v) is 3.89. The molecule has 3 rings (SSSR count). The first kappa shape index (κ1) is 16.3. The molecule has 0 radical (unpaired) electrons. The molecule has 3 aliphatic rings. The van der Waals surface area contributed by atoms with Crippen LogP contribution in [0.3, 0.4) is 0 Å². The van der Waals surface area contributed by atoms with E-state index in [4.69, 9.17) is 0 Å². The van der Waals surface area contributed by atoms with Crippen LogP contribution in [-0.4, -0.2) is 58.9 Å². The van der Waals surface area contributed by atoms with Gasteiger partial charge in [0.15, 0.2) is 0 Å². The van der Waals surface area contributed by atoms with Gasteiger partial charge in [0.05, 0.1) is 0 Å². The van der Waals surface area contributed by atoms with E-state index in [-0.39, 0.29) is 11.8 Å². The predicted molar refractivity (Wildman–Crippen MR) is 83.7 cm³/mol. The maximum absolute atomic E-state index is 12.3. The second kappa shape index (κ2) is 6.49. The average Bonchev–Trinajstić information content (AvgIpc) is 3.22. The lowest BCUT2D eigenvalue weighted by atomic mass is 10.0. The van der Waals surface area contributed by atoms with Gasteiger partial charge in [-0.05, 0) is 25.2 Å². The first-order valence-electron chi connectivity index (χ1n) is 8.83. The van der Waals surface area contributed by atoms with Crippen molar-refractivity contribution in [2.24, 2.45) is 11.3 Å². The van der Waals surface area contributed by atoms with E-state index in [0.717, 1.165) is 6.42 Å². The van der Waals surface area contributed by atoms with E-state index in [1.807, 2.05) is 4.90 Å². The summed E-state index contributed by atoms with van der Waals surface area (Å²) < 4.78 is 0. The van der Waals surface area contributed by atoms with Crippen LogP contribution in [-0.2, 0) is 14.4 Å². The molecule has 2 amide bonds. The van der Waals surface area contributed by atoms with Crippen LogP contribution in [0.5, 0.6) is 0 Å². The van der Waals surface area contributed by atoms with Crippen molar-refractivity contribution < 1.29 is 19.5 Å². The van der Waals surface area contributed by atoms with Crippen LogP contribution in [0.15, 0.2) is 0 Å². The number of carbonyl (C=O) groups excluding carboxylic acids is 2. The number of hydrogen-bond donors (Lipinski definition) is 1. The molecule has 0 aromatic rings. The molecule has 6 nitrogen and oxygen atoms in total. The quantitative estimate of drug-likeness (QED) is 0.778. The maximum Gasteiger partial charge on any atom is 0.319 e. The number of aliphatic carboxylic acids is 1. The number of piperazine rings is 1. The van der Waals surface area contributed by atoms with Gasteiger partial charge in [0.1, 0.15) is 5.41 Å². The Kier molecular flexibility index (Phi) is 4.60. The molecule has 3 fully saturated rings. The number of carboxylic acid groups (broad SMARTS) is 1. The monoisotopic (exact) mass is 322 g/mol. The van der Waals surface area contributed by atoms with Gasteiger partial charge in [-0.3, -0.25) is 14.4 Å². The third-order valence-corrected chi connectivity index (χ3v) is 5.73. The van der Waals surface area contributed by atoms with E-state index >= 15 is 0 Å². The molecule has 1 aliphatic heterocycles. The van der Waals surface area contributed by atoms with Gasteiger partial charge in [-0.1, -0.05) is 25.7 Å². The second-order valence-electron chi connectivity index (χ2n) is 7.25. The van der Waals surface area contributed by atoms with E-state index in [1.165, 1.54) is 25.7 Å². The summed E-state index contributed by atoms with van der Waals surface area (Å²) in [5.41, 5.74) is -1.16. The smallest absolute Gasteiger partial charge is 0.319 e. The summed E-state index contributed by atoms with van der Waals surface area (Å²) in [5, 5.41) is 9.21. The molecule has 128 valence electrons. The Morgan fingerprint density at radius 1 is 0.957 bits per heavy atom. The molecule has 0 unspecified atom stereocenters. The topological polar surface area (TPSA) is 77.9 Å². The molecule has 0 aromatic carbocycles. The van der Waals surface area contributed by atoms with E-state index < -0.39 is 11.4 Å². The van der Waals surface area contributed by atoms with E-state index in [2.05, 4.69) is 0 Å². The van der Waals surface area contributed by atoms with Crippen LogP contribution in [0.2, 0.25) is 0 Å². The molecule has 1 N–H and O–H groups in total. The minimum atomic E-state index is -1.16. The van der Waals surface area contributed by atoms with Gasteiger partial charge in [0.2, 0.25) is 11.8 Å². The van der Waals surface area contributed by atoms with Gasteiger partial charge in [-0.25, -0.2) is 0 Å². The molecule has 6 heteroatoms. The van der Waals surface area contributed by atoms with E-state index in [1.54, 1.807) is 4.90 Å². The first-order valence-corrected chi connectivity index (χ1v) is 8.83. The lowest BCUT2D eigenvalue weighted by Crippen LogP contribution is -2.53. The third-order valence-electron chi connectivity index (χ3n) is 5.73. The molecule has 23 heavy (non-hydrogen) atoms. The largest absolute Gasteiger partial charge is 0.480 e. The Morgan fingerprint density at radius 2 is 1.52 bits per heavy atom. The lowest BCUT2D eigenvalue weighted by molar-refractivity contribution is -0.155. The van der Waals surface area contributed by atoms with Gasteiger partial charge in [-0.2, -0.15) is 0 Å². The zero-order chi connectivity index (χ0) is 16.4. The molecular formula is C17H26N2O4. The highest BCUT2D eigenvalue weighted by Crippen LogP contribution is 2.47. The minimum absolute atomic E-state index is 0.184. The Bertz CT molecular complexity index is 487. The van der Waals surface area contributed by atoms with E-state index in [0.29, 0.717) is 51.4 Å². The highest BCUT2D eigenvalue weighted by Gasteiger charge is 2.58. The molecule has 1 saturated heterocycles. The predicted octanol–water partition coefficient (Wildman–Crippen LogP) is 1.49. The Balaban J connectivity index is 1.43. The van der Waals surface area contributed by atoms with Gasteiger partial charge in [0.25, 0.3) is 0 Å². The fraction of sp³-hybridized carbons (Fsp3) is 0.824. The minimum Gasteiger partial charge on any atom is -0.480 e. The van der Waals surface area contributed by atoms with Crippen LogP contribution in [0.1, 0.15) is 51.4 Å². The number of carboxylic acids is 1. The highest BCUT2D eigenvalue weighted by atomic mass is 16.4. The Labute approximate surface area is 136 Å². The molecule has 1 heterocycles. The lowest BCUT2D eigenvalue weighted by Gasteiger charge is -2.36. The van der Waals surface area contributed by atoms with Crippen molar-refractivity contribution in [3.05, 3.63) is 0 Å². The van der Waals surface area contributed by atoms with Crippen molar-refractivity contribution in [3.63, 3.8) is 0 Å². The van der Waals surface area contributed by atoms with Crippen LogP contribution >= 0.6 is 0 Å². The van der Waals surface area contributed by atoms with Crippen molar-refractivity contribution in [3.8, 4) is 0 Å². The zero-order valence-corrected chi connectivity index (χ0v) is 13.6. The normalized spacial score (nSPS) is 23.8. The fourth-order valence-electron chi connectivity index (χ4n) is 3.89. The van der Waals surface area contributed by atoms with Gasteiger partial charge >= 0.3 is 5.97 Å². The van der Waals surface area contributed by atoms with Crippen LogP contribution in [0.4, 0.5) is 0 Å². The maximum atomic E-state index is 12.3. The summed E-state index contributed by atoms with van der Waals surface area (Å²) in [6, 6.07) is 0. The van der Waals surface area contributed by atoms with Crippen molar-refractivity contribution >= 4 is 17.8 Å². The number of nitrogens with zero attached hydrogens (tertiary/aromatic N) is 2. The second-order valence-corrected chi connectivity index (χ2v) is 7.25. The molecular weight excluding hydrogens is 296 g/mol. The van der Waals surface area contributed by atoms with Gasteiger partial charge < -0.3 is 14.9 Å². The van der Waals surface area contributed by atoms with Crippen molar-refractivity contribution in [1.29, 1.82) is 0 Å². The molecule has 0 atom stereocenters. The van der Waals surface area contributed by atoms with Crippen molar-refractivity contribution in [2.75, 3.05) is 26.2 Å². The zero-order valence-electron chi connectivity index (χ0n) is 13.6. The number of carbonyl (C=O) groups is 3. The number of rotatable bonds is 5. The molecule has 0 bridgehead atoms. The summed E-state index contributed by atoms with van der Waals surface area (Å²) in [4.78, 5) is 39.3. The standard InChI is InChI=1S/C17H26N2O4/c20-14(6-5-13-3-1-2-4-13)18-9-11-19(12-10-18)15(21)17(7-8-17)16(22)23/h13H,1-12H2,(H,22,23). The van der Waals surface area contributed by atoms with Gasteiger partial charge in [-0.15, -0.1) is 0 Å². The van der Waals surface area contributed by atoms with Crippen molar-refractivity contribution in [1.82, 2.24) is 9.80 Å². The molecule has 2 aliphatic carbocycles.